The molecule has 1 fully saturated rings. The Hall–Kier alpha value is -1.16. The zero-order valence-corrected chi connectivity index (χ0v) is 12.4. The fraction of sp³-hybridized carbons (Fsp3) is 0.533. The normalized spacial score (nSPS) is 23.1. The largest absolute Gasteiger partial charge is 0.398 e. The van der Waals surface area contributed by atoms with E-state index in [0.717, 1.165) is 12.0 Å². The quantitative estimate of drug-likeness (QED) is 0.836. The summed E-state index contributed by atoms with van der Waals surface area (Å²) in [5.41, 5.74) is 8.16. The molecule has 1 aliphatic rings. The molecule has 104 valence electrons. The molecule has 1 aromatic carbocycles. The monoisotopic (exact) mass is 278 g/mol. The number of nitrogens with two attached hydrogens (primary N) is 1. The van der Waals surface area contributed by atoms with Crippen LogP contribution < -0.4 is 11.1 Å². The van der Waals surface area contributed by atoms with Crippen molar-refractivity contribution in [2.45, 2.75) is 43.9 Å². The number of carbonyl (C=O) groups is 1. The van der Waals surface area contributed by atoms with Gasteiger partial charge in [0.15, 0.2) is 0 Å². The lowest BCUT2D eigenvalue weighted by molar-refractivity contribution is 0.0930. The molecule has 3 nitrogen and oxygen atoms in total. The third kappa shape index (κ3) is 3.44. The first-order valence-electron chi connectivity index (χ1n) is 6.81. The van der Waals surface area contributed by atoms with Crippen molar-refractivity contribution in [1.82, 2.24) is 5.32 Å². The van der Waals surface area contributed by atoms with Crippen molar-refractivity contribution in [1.29, 1.82) is 0 Å². The number of rotatable bonds is 3. The first kappa shape index (κ1) is 14.3. The summed E-state index contributed by atoms with van der Waals surface area (Å²) < 4.78 is 0. The summed E-state index contributed by atoms with van der Waals surface area (Å²) in [6.45, 7) is 1.98. The van der Waals surface area contributed by atoms with Crippen LogP contribution in [0.25, 0.3) is 0 Å². The summed E-state index contributed by atoms with van der Waals surface area (Å²) in [5.74, 6) is -0.0385. The minimum Gasteiger partial charge on any atom is -0.398 e. The Kier molecular flexibility index (Phi) is 4.75. The Bertz CT molecular complexity index is 461. The molecule has 0 saturated heterocycles. The summed E-state index contributed by atoms with van der Waals surface area (Å²) >= 11 is 1.85. The standard InChI is InChI=1S/C15H22N2OS/c1-10-7-8-11(12(16)9-10)15(18)17-13-5-3-4-6-14(13)19-2/h7-9,13-14H,3-6,16H2,1-2H3,(H,17,18). The summed E-state index contributed by atoms with van der Waals surface area (Å²) in [7, 11) is 0. The van der Waals surface area contributed by atoms with E-state index in [9.17, 15) is 4.79 Å². The van der Waals surface area contributed by atoms with Gasteiger partial charge in [0.05, 0.1) is 5.56 Å². The number of amides is 1. The molecule has 0 radical (unpaired) electrons. The smallest absolute Gasteiger partial charge is 0.253 e. The van der Waals surface area contributed by atoms with Crippen LogP contribution in [0.2, 0.25) is 0 Å². The van der Waals surface area contributed by atoms with Gasteiger partial charge in [-0.25, -0.2) is 0 Å². The van der Waals surface area contributed by atoms with Gasteiger partial charge in [-0.3, -0.25) is 4.79 Å². The molecule has 4 heteroatoms. The minimum absolute atomic E-state index is 0.0385. The lowest BCUT2D eigenvalue weighted by Crippen LogP contribution is -2.43. The van der Waals surface area contributed by atoms with Gasteiger partial charge in [0, 0.05) is 17.0 Å². The summed E-state index contributed by atoms with van der Waals surface area (Å²) in [6, 6.07) is 5.87. The first-order valence-corrected chi connectivity index (χ1v) is 8.10. The molecule has 0 spiro atoms. The summed E-state index contributed by atoms with van der Waals surface area (Å²) in [6.07, 6.45) is 6.85. The molecular weight excluding hydrogens is 256 g/mol. The zero-order chi connectivity index (χ0) is 13.8. The van der Waals surface area contributed by atoms with E-state index in [-0.39, 0.29) is 11.9 Å². The van der Waals surface area contributed by atoms with E-state index in [1.54, 1.807) is 0 Å². The van der Waals surface area contributed by atoms with Crippen LogP contribution in [0, 0.1) is 6.92 Å². The van der Waals surface area contributed by atoms with Crippen LogP contribution in [0.1, 0.15) is 41.6 Å². The number of benzene rings is 1. The van der Waals surface area contributed by atoms with Gasteiger partial charge >= 0.3 is 0 Å². The zero-order valence-electron chi connectivity index (χ0n) is 11.6. The van der Waals surface area contributed by atoms with Crippen molar-refractivity contribution in [3.8, 4) is 0 Å². The number of thioether (sulfide) groups is 1. The van der Waals surface area contributed by atoms with Crippen LogP contribution in [0.5, 0.6) is 0 Å². The topological polar surface area (TPSA) is 55.1 Å². The van der Waals surface area contributed by atoms with Gasteiger partial charge in [0.25, 0.3) is 5.91 Å². The number of hydrogen-bond acceptors (Lipinski definition) is 3. The Morgan fingerprint density at radius 2 is 2.11 bits per heavy atom. The van der Waals surface area contributed by atoms with Crippen molar-refractivity contribution in [2.24, 2.45) is 0 Å². The molecule has 2 atom stereocenters. The highest BCUT2D eigenvalue weighted by Crippen LogP contribution is 2.27. The average molecular weight is 278 g/mol. The molecule has 3 N–H and O–H groups in total. The Morgan fingerprint density at radius 1 is 1.37 bits per heavy atom. The maximum Gasteiger partial charge on any atom is 0.253 e. The third-order valence-corrected chi connectivity index (χ3v) is 4.94. The second-order valence-electron chi connectivity index (χ2n) is 5.23. The third-order valence-electron chi connectivity index (χ3n) is 3.77. The molecular formula is C15H22N2OS. The maximum atomic E-state index is 12.3. The van der Waals surface area contributed by atoms with E-state index in [4.69, 9.17) is 5.73 Å². The van der Waals surface area contributed by atoms with Crippen LogP contribution in [-0.4, -0.2) is 23.5 Å². The van der Waals surface area contributed by atoms with Crippen LogP contribution in [0.15, 0.2) is 18.2 Å². The first-order chi connectivity index (χ1) is 9.11. The Labute approximate surface area is 119 Å². The average Bonchev–Trinajstić information content (AvgIpc) is 2.39. The highest BCUT2D eigenvalue weighted by Gasteiger charge is 2.26. The highest BCUT2D eigenvalue weighted by molar-refractivity contribution is 7.99. The van der Waals surface area contributed by atoms with Crippen molar-refractivity contribution >= 4 is 23.4 Å². The van der Waals surface area contributed by atoms with E-state index >= 15 is 0 Å². The maximum absolute atomic E-state index is 12.3. The Morgan fingerprint density at radius 3 is 2.79 bits per heavy atom. The molecule has 1 aromatic rings. The van der Waals surface area contributed by atoms with Gasteiger partial charge in [-0.05, 0) is 43.7 Å². The van der Waals surface area contributed by atoms with Gasteiger partial charge in [-0.15, -0.1) is 0 Å². The molecule has 1 aliphatic carbocycles. The van der Waals surface area contributed by atoms with Crippen LogP contribution >= 0.6 is 11.8 Å². The molecule has 0 aliphatic heterocycles. The predicted molar refractivity (Wildman–Crippen MR) is 82.6 cm³/mol. The Balaban J connectivity index is 2.07. The van der Waals surface area contributed by atoms with Crippen molar-refractivity contribution in [3.63, 3.8) is 0 Å². The predicted octanol–water partition coefficient (Wildman–Crippen LogP) is 2.98. The number of anilines is 1. The lowest BCUT2D eigenvalue weighted by atomic mass is 9.94. The van der Waals surface area contributed by atoms with Gasteiger partial charge in [-0.1, -0.05) is 18.9 Å². The van der Waals surface area contributed by atoms with Crippen LogP contribution in [0.3, 0.4) is 0 Å². The van der Waals surface area contributed by atoms with E-state index in [0.29, 0.717) is 16.5 Å². The number of hydrogen-bond donors (Lipinski definition) is 2. The molecule has 0 aromatic heterocycles. The minimum atomic E-state index is -0.0385. The van der Waals surface area contributed by atoms with Crippen molar-refractivity contribution < 1.29 is 4.79 Å². The second-order valence-corrected chi connectivity index (χ2v) is 6.31. The van der Waals surface area contributed by atoms with E-state index in [1.807, 2.05) is 36.9 Å². The molecule has 0 bridgehead atoms. The summed E-state index contributed by atoms with van der Waals surface area (Å²) in [5, 5.41) is 3.69. The molecule has 1 amide bonds. The number of nitrogen functional groups attached to an aromatic ring is 1. The van der Waals surface area contributed by atoms with E-state index < -0.39 is 0 Å². The second kappa shape index (κ2) is 6.33. The SMILES string of the molecule is CSC1CCCCC1NC(=O)c1ccc(C)cc1N. The van der Waals surface area contributed by atoms with E-state index in [2.05, 4.69) is 11.6 Å². The number of nitrogens with one attached hydrogen (secondary N) is 1. The van der Waals surface area contributed by atoms with Crippen molar-refractivity contribution in [3.05, 3.63) is 29.3 Å². The van der Waals surface area contributed by atoms with Gasteiger partial charge in [-0.2, -0.15) is 11.8 Å². The molecule has 2 unspecified atom stereocenters. The molecule has 2 rings (SSSR count). The lowest BCUT2D eigenvalue weighted by Gasteiger charge is -2.31. The van der Waals surface area contributed by atoms with Gasteiger partial charge < -0.3 is 11.1 Å². The van der Waals surface area contributed by atoms with Crippen LogP contribution in [0.4, 0.5) is 5.69 Å². The highest BCUT2D eigenvalue weighted by atomic mass is 32.2. The van der Waals surface area contributed by atoms with Crippen LogP contribution in [-0.2, 0) is 0 Å². The number of carbonyl (C=O) groups excluding carboxylic acids is 1. The fourth-order valence-electron chi connectivity index (χ4n) is 2.68. The molecule has 1 saturated carbocycles. The molecule has 0 heterocycles. The fourth-order valence-corrected chi connectivity index (χ4v) is 3.61. The summed E-state index contributed by atoms with van der Waals surface area (Å²) in [4.78, 5) is 12.3. The van der Waals surface area contributed by atoms with Gasteiger partial charge in [0.2, 0.25) is 0 Å². The van der Waals surface area contributed by atoms with Gasteiger partial charge in [0.1, 0.15) is 0 Å². The van der Waals surface area contributed by atoms with E-state index in [1.165, 1.54) is 19.3 Å². The van der Waals surface area contributed by atoms with Crippen molar-refractivity contribution in [2.75, 3.05) is 12.0 Å². The number of aryl methyl sites for hydroxylation is 1. The molecule has 19 heavy (non-hydrogen) atoms.